The van der Waals surface area contributed by atoms with Gasteiger partial charge in [-0.05, 0) is 6.42 Å². The Morgan fingerprint density at radius 1 is 0.452 bits per heavy atom. The van der Waals surface area contributed by atoms with Crippen molar-refractivity contribution in [3.8, 4) is 0 Å². The van der Waals surface area contributed by atoms with Crippen molar-refractivity contribution in [2.45, 2.75) is 135 Å². The van der Waals surface area contributed by atoms with E-state index in [9.17, 15) is 14.4 Å². The van der Waals surface area contributed by atoms with Crippen molar-refractivity contribution < 1.29 is 29.7 Å². The van der Waals surface area contributed by atoms with E-state index in [4.69, 9.17) is 15.3 Å². The average molecular weight is 443 g/mol. The van der Waals surface area contributed by atoms with Crippen molar-refractivity contribution in [2.24, 2.45) is 5.41 Å². The predicted octanol–water partition coefficient (Wildman–Crippen LogP) is 7.05. The van der Waals surface area contributed by atoms with Crippen molar-refractivity contribution in [2.75, 3.05) is 0 Å². The molecule has 0 saturated heterocycles. The summed E-state index contributed by atoms with van der Waals surface area (Å²) in [5.41, 5.74) is -2.71. The smallest absolute Gasteiger partial charge is 0.332 e. The summed E-state index contributed by atoms with van der Waals surface area (Å²) >= 11 is 0. The zero-order chi connectivity index (χ0) is 23.4. The second kappa shape index (κ2) is 19.1. The summed E-state index contributed by atoms with van der Waals surface area (Å²) < 4.78 is 0. The molecular weight excluding hydrogens is 396 g/mol. The van der Waals surface area contributed by atoms with E-state index in [0.717, 1.165) is 19.3 Å². The summed E-state index contributed by atoms with van der Waals surface area (Å²) in [4.78, 5) is 33.5. The summed E-state index contributed by atoms with van der Waals surface area (Å²) in [7, 11) is 0. The molecule has 0 aromatic rings. The molecule has 31 heavy (non-hydrogen) atoms. The molecule has 0 heterocycles. The molecule has 0 bridgehead atoms. The standard InChI is InChI=1S/C25H46O6/c1-2-3-4-5-6-7-8-9-10-11-12-13-14-15-16-17-18-19-20-21-25(22(26)27,23(28)29)24(30)31/h2-21H2,1H3,(H,26,27)(H,28,29)(H,30,31). The second-order valence-corrected chi connectivity index (χ2v) is 8.93. The first kappa shape index (κ1) is 29.4. The maximum absolute atomic E-state index is 11.2. The number of hydrogen-bond donors (Lipinski definition) is 3. The number of aliphatic carboxylic acids is 3. The molecule has 3 N–H and O–H groups in total. The number of carboxylic acid groups (broad SMARTS) is 3. The molecule has 0 aliphatic heterocycles. The molecule has 0 aliphatic rings. The van der Waals surface area contributed by atoms with Crippen LogP contribution in [0.5, 0.6) is 0 Å². The number of hydrogen-bond acceptors (Lipinski definition) is 3. The van der Waals surface area contributed by atoms with Crippen LogP contribution in [0.2, 0.25) is 0 Å². The lowest BCUT2D eigenvalue weighted by molar-refractivity contribution is -0.176. The quantitative estimate of drug-likeness (QED) is 0.115. The number of carboxylic acids is 3. The van der Waals surface area contributed by atoms with Crippen LogP contribution in [-0.2, 0) is 14.4 Å². The molecule has 6 heteroatoms. The summed E-state index contributed by atoms with van der Waals surface area (Å²) in [6, 6.07) is 0. The van der Waals surface area contributed by atoms with Crippen LogP contribution >= 0.6 is 0 Å². The molecule has 0 atom stereocenters. The van der Waals surface area contributed by atoms with Crippen LogP contribution in [0.15, 0.2) is 0 Å². The molecule has 0 unspecified atom stereocenters. The summed E-state index contributed by atoms with van der Waals surface area (Å²) in [6.07, 6.45) is 22.4. The molecule has 0 aliphatic carbocycles. The highest BCUT2D eigenvalue weighted by atomic mass is 16.4. The molecule has 0 aromatic heterocycles. The van der Waals surface area contributed by atoms with E-state index in [1.807, 2.05) is 0 Å². The highest BCUT2D eigenvalue weighted by Crippen LogP contribution is 2.27. The topological polar surface area (TPSA) is 112 Å². The Balaban J connectivity index is 3.48. The van der Waals surface area contributed by atoms with Gasteiger partial charge in [-0.15, -0.1) is 0 Å². The summed E-state index contributed by atoms with van der Waals surface area (Å²) in [5, 5.41) is 27.2. The fourth-order valence-corrected chi connectivity index (χ4v) is 4.06. The Bertz CT molecular complexity index is 452. The van der Waals surface area contributed by atoms with E-state index in [-0.39, 0.29) is 6.42 Å². The molecular formula is C25H46O6. The van der Waals surface area contributed by atoms with Gasteiger partial charge in [0.15, 0.2) is 0 Å². The number of rotatable bonds is 23. The Morgan fingerprint density at radius 3 is 0.903 bits per heavy atom. The van der Waals surface area contributed by atoms with Crippen LogP contribution in [0.3, 0.4) is 0 Å². The molecule has 6 nitrogen and oxygen atoms in total. The first-order valence-corrected chi connectivity index (χ1v) is 12.6. The van der Waals surface area contributed by atoms with Gasteiger partial charge in [0, 0.05) is 0 Å². The van der Waals surface area contributed by atoms with Crippen molar-refractivity contribution >= 4 is 17.9 Å². The zero-order valence-electron chi connectivity index (χ0n) is 19.7. The SMILES string of the molecule is CCCCCCCCCCCCCCCCCCCCCC(C(=O)O)(C(=O)O)C(=O)O. The minimum Gasteiger partial charge on any atom is -0.480 e. The van der Waals surface area contributed by atoms with E-state index < -0.39 is 23.3 Å². The van der Waals surface area contributed by atoms with Crippen LogP contribution in [0.1, 0.15) is 135 Å². The monoisotopic (exact) mass is 442 g/mol. The predicted molar refractivity (Wildman–Crippen MR) is 123 cm³/mol. The Hall–Kier alpha value is -1.59. The average Bonchev–Trinajstić information content (AvgIpc) is 2.71. The van der Waals surface area contributed by atoms with Crippen LogP contribution in [0, 0.1) is 5.41 Å². The van der Waals surface area contributed by atoms with Gasteiger partial charge in [0.1, 0.15) is 0 Å². The number of carbonyl (C=O) groups is 3. The minimum atomic E-state index is -2.71. The first-order valence-electron chi connectivity index (χ1n) is 12.6. The van der Waals surface area contributed by atoms with Gasteiger partial charge >= 0.3 is 17.9 Å². The van der Waals surface area contributed by atoms with Gasteiger partial charge in [-0.1, -0.05) is 129 Å². The Labute approximate surface area is 188 Å². The molecule has 0 spiro atoms. The van der Waals surface area contributed by atoms with Gasteiger partial charge in [0.2, 0.25) is 0 Å². The van der Waals surface area contributed by atoms with E-state index >= 15 is 0 Å². The van der Waals surface area contributed by atoms with E-state index in [1.54, 1.807) is 0 Å². The third-order valence-electron chi connectivity index (χ3n) is 6.25. The highest BCUT2D eigenvalue weighted by Gasteiger charge is 2.53. The molecule has 0 amide bonds. The Morgan fingerprint density at radius 2 is 0.677 bits per heavy atom. The maximum atomic E-state index is 11.2. The molecule has 0 aromatic carbocycles. The minimum absolute atomic E-state index is 0.295. The van der Waals surface area contributed by atoms with Crippen LogP contribution in [-0.4, -0.2) is 33.2 Å². The zero-order valence-corrected chi connectivity index (χ0v) is 19.7. The fraction of sp³-hybridized carbons (Fsp3) is 0.880. The van der Waals surface area contributed by atoms with E-state index in [0.29, 0.717) is 12.8 Å². The lowest BCUT2D eigenvalue weighted by Gasteiger charge is -2.19. The molecule has 182 valence electrons. The molecule has 0 saturated carbocycles. The molecule has 0 rings (SSSR count). The van der Waals surface area contributed by atoms with Gasteiger partial charge < -0.3 is 15.3 Å². The van der Waals surface area contributed by atoms with Crippen LogP contribution in [0.25, 0.3) is 0 Å². The fourth-order valence-electron chi connectivity index (χ4n) is 4.06. The van der Waals surface area contributed by atoms with Gasteiger partial charge in [0.05, 0.1) is 0 Å². The van der Waals surface area contributed by atoms with Crippen molar-refractivity contribution in [3.63, 3.8) is 0 Å². The van der Waals surface area contributed by atoms with Crippen molar-refractivity contribution in [1.82, 2.24) is 0 Å². The van der Waals surface area contributed by atoms with Crippen molar-refractivity contribution in [3.05, 3.63) is 0 Å². The van der Waals surface area contributed by atoms with Gasteiger partial charge in [-0.3, -0.25) is 14.4 Å². The summed E-state index contributed by atoms with van der Waals surface area (Å²) in [5.74, 6) is -5.39. The lowest BCUT2D eigenvalue weighted by Crippen LogP contribution is -2.46. The first-order chi connectivity index (χ1) is 14.9. The Kier molecular flexibility index (Phi) is 18.1. The third-order valence-corrected chi connectivity index (χ3v) is 6.25. The van der Waals surface area contributed by atoms with Crippen molar-refractivity contribution in [1.29, 1.82) is 0 Å². The van der Waals surface area contributed by atoms with Gasteiger partial charge in [0.25, 0.3) is 5.41 Å². The third kappa shape index (κ3) is 13.4. The lowest BCUT2D eigenvalue weighted by atomic mass is 9.82. The number of unbranched alkanes of at least 4 members (excludes halogenated alkanes) is 18. The van der Waals surface area contributed by atoms with Gasteiger partial charge in [-0.25, -0.2) is 0 Å². The second-order valence-electron chi connectivity index (χ2n) is 8.93. The largest absolute Gasteiger partial charge is 0.480 e. The van der Waals surface area contributed by atoms with Gasteiger partial charge in [-0.2, -0.15) is 0 Å². The molecule has 0 fully saturated rings. The normalized spacial score (nSPS) is 11.5. The maximum Gasteiger partial charge on any atom is 0.332 e. The van der Waals surface area contributed by atoms with Crippen LogP contribution in [0.4, 0.5) is 0 Å². The summed E-state index contributed by atoms with van der Waals surface area (Å²) in [6.45, 7) is 2.26. The van der Waals surface area contributed by atoms with E-state index in [1.165, 1.54) is 89.9 Å². The highest BCUT2D eigenvalue weighted by molar-refractivity contribution is 6.16. The van der Waals surface area contributed by atoms with E-state index in [2.05, 4.69) is 6.92 Å². The molecule has 0 radical (unpaired) electrons. The van der Waals surface area contributed by atoms with Crippen LogP contribution < -0.4 is 0 Å².